The maximum Gasteiger partial charge on any atom is 0.229 e. The van der Waals surface area contributed by atoms with E-state index in [2.05, 4.69) is 20.7 Å². The molecule has 0 aliphatic carbocycles. The molecular formula is C37H32ClF2N3O6S2. The molecule has 0 bridgehead atoms. The van der Waals surface area contributed by atoms with Crippen LogP contribution in [0, 0.1) is 11.6 Å². The fourth-order valence-electron chi connectivity index (χ4n) is 4.27. The summed E-state index contributed by atoms with van der Waals surface area (Å²) in [6.45, 7) is 0. The van der Waals surface area contributed by atoms with Gasteiger partial charge in [-0.15, -0.1) is 0 Å². The molecule has 6 aromatic rings. The first-order valence-electron chi connectivity index (χ1n) is 14.9. The van der Waals surface area contributed by atoms with Gasteiger partial charge < -0.3 is 15.2 Å². The molecule has 51 heavy (non-hydrogen) atoms. The quantitative estimate of drug-likeness (QED) is 0.151. The molecule has 0 radical (unpaired) electrons. The fraction of sp³-hybridized carbons (Fsp3) is 0.0811. The summed E-state index contributed by atoms with van der Waals surface area (Å²) in [5.41, 5.74) is 9.48. The van der Waals surface area contributed by atoms with Crippen LogP contribution in [0.2, 0.25) is 0 Å². The minimum Gasteiger partial charge on any atom is -0.457 e. The second-order valence-corrected chi connectivity index (χ2v) is 16.1. The topological polar surface area (TPSA) is 139 Å². The number of hydrogen-bond acceptors (Lipinski definition) is 9. The van der Waals surface area contributed by atoms with E-state index in [0.29, 0.717) is 40.2 Å². The summed E-state index contributed by atoms with van der Waals surface area (Å²) < 4.78 is 78.6. The summed E-state index contributed by atoms with van der Waals surface area (Å²) in [4.78, 5) is 8.65. The first kappa shape index (κ1) is 38.4. The van der Waals surface area contributed by atoms with Gasteiger partial charge in [0.2, 0.25) is 9.05 Å². The Morgan fingerprint density at radius 1 is 0.569 bits per heavy atom. The van der Waals surface area contributed by atoms with Gasteiger partial charge in [0.15, 0.2) is 9.84 Å². The van der Waals surface area contributed by atoms with Crippen molar-refractivity contribution >= 4 is 35.4 Å². The normalized spacial score (nSPS) is 10.9. The SMILES string of the molecule is CS(=O)(=O)Cc1cccc(-c2ccc(Oc3ccc(F)cc3)cc2)n1.CS(=O)(=O)Cl.Nc1cccc(-c2ccc(Oc3ccc(F)cc3)cc2)n1. The smallest absolute Gasteiger partial charge is 0.229 e. The first-order valence-corrected chi connectivity index (χ1v) is 19.7. The lowest BCUT2D eigenvalue weighted by Gasteiger charge is -2.07. The van der Waals surface area contributed by atoms with Gasteiger partial charge in [0.25, 0.3) is 0 Å². The van der Waals surface area contributed by atoms with Crippen molar-refractivity contribution in [2.24, 2.45) is 0 Å². The molecule has 2 heterocycles. The van der Waals surface area contributed by atoms with Crippen molar-refractivity contribution in [1.29, 1.82) is 0 Å². The van der Waals surface area contributed by atoms with Crippen LogP contribution in [-0.2, 0) is 24.6 Å². The third kappa shape index (κ3) is 14.2. The monoisotopic (exact) mass is 751 g/mol. The van der Waals surface area contributed by atoms with Gasteiger partial charge in [-0.1, -0.05) is 12.1 Å². The largest absolute Gasteiger partial charge is 0.457 e. The first-order chi connectivity index (χ1) is 24.1. The van der Waals surface area contributed by atoms with Crippen molar-refractivity contribution in [2.75, 3.05) is 18.2 Å². The van der Waals surface area contributed by atoms with E-state index in [1.807, 2.05) is 54.6 Å². The molecule has 4 aromatic carbocycles. The maximum atomic E-state index is 12.9. The third-order valence-corrected chi connectivity index (χ3v) is 7.21. The van der Waals surface area contributed by atoms with Crippen molar-refractivity contribution < 1.29 is 35.1 Å². The van der Waals surface area contributed by atoms with Gasteiger partial charge in [0, 0.05) is 28.1 Å². The van der Waals surface area contributed by atoms with Crippen molar-refractivity contribution in [3.8, 4) is 45.5 Å². The van der Waals surface area contributed by atoms with Crippen LogP contribution in [0.1, 0.15) is 5.69 Å². The number of pyridine rings is 2. The zero-order valence-electron chi connectivity index (χ0n) is 27.3. The lowest BCUT2D eigenvalue weighted by atomic mass is 10.1. The molecule has 14 heteroatoms. The second-order valence-electron chi connectivity index (χ2n) is 10.9. The van der Waals surface area contributed by atoms with Gasteiger partial charge in [-0.3, -0.25) is 4.98 Å². The van der Waals surface area contributed by atoms with E-state index in [0.717, 1.165) is 23.1 Å². The van der Waals surface area contributed by atoms with E-state index >= 15 is 0 Å². The van der Waals surface area contributed by atoms with Crippen LogP contribution in [0.5, 0.6) is 23.0 Å². The van der Waals surface area contributed by atoms with Gasteiger partial charge in [0.1, 0.15) is 40.5 Å². The average molecular weight is 752 g/mol. The van der Waals surface area contributed by atoms with E-state index in [4.69, 9.17) is 15.2 Å². The Labute approximate surface area is 299 Å². The van der Waals surface area contributed by atoms with Crippen molar-refractivity contribution in [2.45, 2.75) is 5.75 Å². The highest BCUT2D eigenvalue weighted by Gasteiger charge is 2.08. The minimum absolute atomic E-state index is 0.0907. The molecule has 2 aromatic heterocycles. The molecule has 0 atom stereocenters. The van der Waals surface area contributed by atoms with Crippen molar-refractivity contribution in [3.05, 3.63) is 151 Å². The summed E-state index contributed by atoms with van der Waals surface area (Å²) in [5, 5.41) is 0. The molecule has 0 saturated heterocycles. The number of nitrogens with zero attached hydrogens (tertiary/aromatic N) is 2. The van der Waals surface area contributed by atoms with E-state index in [-0.39, 0.29) is 17.4 Å². The fourth-order valence-corrected chi connectivity index (χ4v) is 4.96. The molecule has 9 nitrogen and oxygen atoms in total. The average Bonchev–Trinajstić information content (AvgIpc) is 3.07. The molecule has 264 valence electrons. The molecular weight excluding hydrogens is 720 g/mol. The predicted molar refractivity (Wildman–Crippen MR) is 196 cm³/mol. The Balaban J connectivity index is 0.000000204. The zero-order chi connectivity index (χ0) is 37.0. The van der Waals surface area contributed by atoms with Crippen LogP contribution in [0.15, 0.2) is 133 Å². The van der Waals surface area contributed by atoms with Crippen molar-refractivity contribution in [3.63, 3.8) is 0 Å². The second kappa shape index (κ2) is 17.5. The number of rotatable bonds is 8. The van der Waals surface area contributed by atoms with E-state index in [1.54, 1.807) is 54.6 Å². The molecule has 6 rings (SSSR count). The summed E-state index contributed by atoms with van der Waals surface area (Å²) in [6, 6.07) is 37.2. The summed E-state index contributed by atoms with van der Waals surface area (Å²) in [6.07, 6.45) is 2.11. The van der Waals surface area contributed by atoms with Crippen LogP contribution in [0.25, 0.3) is 22.5 Å². The number of aromatic nitrogens is 2. The Bertz CT molecular complexity index is 2250. The number of halogens is 3. The van der Waals surface area contributed by atoms with Gasteiger partial charge in [-0.05, 0) is 121 Å². The number of hydrogen-bond donors (Lipinski definition) is 1. The molecule has 0 aliphatic rings. The van der Waals surface area contributed by atoms with Crippen LogP contribution in [0.3, 0.4) is 0 Å². The van der Waals surface area contributed by atoms with Crippen LogP contribution in [0.4, 0.5) is 14.6 Å². The van der Waals surface area contributed by atoms with Crippen LogP contribution in [-0.4, -0.2) is 39.3 Å². The Morgan fingerprint density at radius 2 is 0.922 bits per heavy atom. The Hall–Kier alpha value is -5.37. The Morgan fingerprint density at radius 3 is 1.29 bits per heavy atom. The van der Waals surface area contributed by atoms with Crippen LogP contribution >= 0.6 is 10.7 Å². The highest BCUT2D eigenvalue weighted by atomic mass is 35.7. The summed E-state index contributed by atoms with van der Waals surface area (Å²) >= 11 is 0. The highest BCUT2D eigenvalue weighted by molar-refractivity contribution is 8.13. The summed E-state index contributed by atoms with van der Waals surface area (Å²) in [5.74, 6) is 2.21. The molecule has 0 saturated carbocycles. The van der Waals surface area contributed by atoms with Gasteiger partial charge >= 0.3 is 0 Å². The molecule has 0 aliphatic heterocycles. The number of nitrogens with two attached hydrogens (primary N) is 1. The Kier molecular flexibility index (Phi) is 13.2. The third-order valence-electron chi connectivity index (χ3n) is 6.39. The predicted octanol–water partition coefficient (Wildman–Crippen LogP) is 8.67. The van der Waals surface area contributed by atoms with E-state index in [1.165, 1.54) is 30.5 Å². The number of nitrogen functional groups attached to an aromatic ring is 1. The van der Waals surface area contributed by atoms with Gasteiger partial charge in [0.05, 0.1) is 29.1 Å². The molecule has 0 unspecified atom stereocenters. The molecule has 0 amide bonds. The number of anilines is 1. The molecule has 0 fully saturated rings. The number of sulfone groups is 1. The minimum atomic E-state index is -3.19. The molecule has 2 N–H and O–H groups in total. The van der Waals surface area contributed by atoms with Gasteiger partial charge in [-0.25, -0.2) is 30.6 Å². The van der Waals surface area contributed by atoms with Crippen molar-refractivity contribution in [1.82, 2.24) is 9.97 Å². The number of ether oxygens (including phenoxy) is 2. The zero-order valence-corrected chi connectivity index (χ0v) is 29.7. The van der Waals surface area contributed by atoms with E-state index in [9.17, 15) is 25.6 Å². The highest BCUT2D eigenvalue weighted by Crippen LogP contribution is 2.27. The van der Waals surface area contributed by atoms with Crippen LogP contribution < -0.4 is 15.2 Å². The summed E-state index contributed by atoms with van der Waals surface area (Å²) in [7, 11) is -1.82. The number of benzene rings is 4. The molecule has 0 spiro atoms. The lowest BCUT2D eigenvalue weighted by molar-refractivity contribution is 0.480. The van der Waals surface area contributed by atoms with E-state index < -0.39 is 18.9 Å². The lowest BCUT2D eigenvalue weighted by Crippen LogP contribution is -2.03. The maximum absolute atomic E-state index is 12.9. The standard InChI is InChI=1S/C19H16FNO3S.C17H13FN2O.CH3ClO2S/c1-25(22,23)13-16-3-2-4-19(21-16)14-5-9-17(10-6-14)24-18-11-7-15(20)8-12-18;18-13-6-10-15(11-7-13)21-14-8-4-12(5-9-14)16-2-1-3-17(19)20-16;1-5(2,3)4/h2-12H,13H2,1H3;1-11H,(H2,19,20);1H3. The van der Waals surface area contributed by atoms with Gasteiger partial charge in [-0.2, -0.15) is 0 Å².